The maximum absolute atomic E-state index is 13.5. The maximum Gasteiger partial charge on any atom is 0.314 e. The molecule has 0 amide bonds. The number of hydrogen-bond donors (Lipinski definition) is 1. The Morgan fingerprint density at radius 3 is 2.69 bits per heavy atom. The third kappa shape index (κ3) is 1.64. The predicted octanol–water partition coefficient (Wildman–Crippen LogP) is 2.34. The summed E-state index contributed by atoms with van der Waals surface area (Å²) < 4.78 is 18.6. The Hall–Kier alpha value is -1.58. The number of hydrogen-bond acceptors (Lipinski definition) is 2. The lowest BCUT2D eigenvalue weighted by Gasteiger charge is -2.11. The fraction of sp³-hybridized carbons (Fsp3) is 0.417. The van der Waals surface area contributed by atoms with E-state index in [0.29, 0.717) is 25.0 Å². The zero-order valence-corrected chi connectivity index (χ0v) is 9.00. The van der Waals surface area contributed by atoms with Crippen LogP contribution in [-0.2, 0) is 10.2 Å². The van der Waals surface area contributed by atoms with Crippen molar-refractivity contribution >= 4 is 5.97 Å². The average molecular weight is 224 g/mol. The van der Waals surface area contributed by atoms with Gasteiger partial charge in [-0.1, -0.05) is 6.07 Å². The number of rotatable bonds is 4. The van der Waals surface area contributed by atoms with E-state index in [0.717, 1.165) is 0 Å². The van der Waals surface area contributed by atoms with E-state index >= 15 is 0 Å². The molecule has 0 atom stereocenters. The topological polar surface area (TPSA) is 46.5 Å². The highest BCUT2D eigenvalue weighted by molar-refractivity contribution is 5.84. The number of carbonyl (C=O) groups is 1. The van der Waals surface area contributed by atoms with Crippen LogP contribution < -0.4 is 4.74 Å². The highest BCUT2D eigenvalue weighted by Crippen LogP contribution is 2.48. The van der Waals surface area contributed by atoms with E-state index in [9.17, 15) is 9.18 Å². The quantitative estimate of drug-likeness (QED) is 0.853. The number of halogens is 1. The second kappa shape index (κ2) is 3.77. The van der Waals surface area contributed by atoms with Gasteiger partial charge < -0.3 is 9.84 Å². The molecule has 0 saturated heterocycles. The van der Waals surface area contributed by atoms with Crippen LogP contribution >= 0.6 is 0 Å². The highest BCUT2D eigenvalue weighted by Gasteiger charge is 2.51. The van der Waals surface area contributed by atoms with E-state index in [1.165, 1.54) is 12.1 Å². The van der Waals surface area contributed by atoms with Crippen molar-refractivity contribution in [3.8, 4) is 5.75 Å². The van der Waals surface area contributed by atoms with Crippen molar-refractivity contribution in [3.63, 3.8) is 0 Å². The van der Waals surface area contributed by atoms with Crippen molar-refractivity contribution in [1.29, 1.82) is 0 Å². The summed E-state index contributed by atoms with van der Waals surface area (Å²) in [5, 5.41) is 9.07. The lowest BCUT2D eigenvalue weighted by Crippen LogP contribution is -2.19. The molecule has 1 aromatic rings. The Morgan fingerprint density at radius 1 is 1.56 bits per heavy atom. The summed E-state index contributed by atoms with van der Waals surface area (Å²) >= 11 is 0. The molecule has 4 heteroatoms. The number of carboxylic acids is 1. The molecule has 1 fully saturated rings. The van der Waals surface area contributed by atoms with E-state index < -0.39 is 17.2 Å². The van der Waals surface area contributed by atoms with Crippen LogP contribution in [0.5, 0.6) is 5.75 Å². The van der Waals surface area contributed by atoms with Gasteiger partial charge in [-0.2, -0.15) is 0 Å². The molecule has 0 heterocycles. The zero-order chi connectivity index (χ0) is 11.8. The number of carboxylic acid groups (broad SMARTS) is 1. The maximum atomic E-state index is 13.5. The summed E-state index contributed by atoms with van der Waals surface area (Å²) in [5.74, 6) is -1.20. The molecule has 1 aliphatic carbocycles. The van der Waals surface area contributed by atoms with Gasteiger partial charge in [0.05, 0.1) is 12.0 Å². The lowest BCUT2D eigenvalue weighted by molar-refractivity contribution is -0.140. The minimum Gasteiger partial charge on any atom is -0.491 e. The first-order chi connectivity index (χ1) is 7.60. The first-order valence-corrected chi connectivity index (χ1v) is 5.26. The normalized spacial score (nSPS) is 16.9. The first-order valence-electron chi connectivity index (χ1n) is 5.26. The molecule has 0 aliphatic heterocycles. The van der Waals surface area contributed by atoms with E-state index in [1.807, 2.05) is 0 Å². The van der Waals surface area contributed by atoms with Gasteiger partial charge in [-0.05, 0) is 37.5 Å². The molecule has 1 aromatic carbocycles. The molecule has 0 aromatic heterocycles. The van der Waals surface area contributed by atoms with Gasteiger partial charge in [0, 0.05) is 0 Å². The number of aliphatic carboxylic acids is 1. The molecule has 1 saturated carbocycles. The van der Waals surface area contributed by atoms with E-state index in [1.54, 1.807) is 13.0 Å². The number of benzene rings is 1. The smallest absolute Gasteiger partial charge is 0.314 e. The van der Waals surface area contributed by atoms with Crippen LogP contribution in [0.1, 0.15) is 25.3 Å². The van der Waals surface area contributed by atoms with Crippen LogP contribution in [0.3, 0.4) is 0 Å². The summed E-state index contributed by atoms with van der Waals surface area (Å²) in [6.45, 7) is 2.16. The SMILES string of the molecule is CCOc1ccc(C2(C(=O)O)CC2)cc1F. The van der Waals surface area contributed by atoms with Gasteiger partial charge in [0.15, 0.2) is 11.6 Å². The Balaban J connectivity index is 2.31. The van der Waals surface area contributed by atoms with E-state index in [4.69, 9.17) is 9.84 Å². The van der Waals surface area contributed by atoms with E-state index in [-0.39, 0.29) is 5.75 Å². The predicted molar refractivity (Wildman–Crippen MR) is 56.1 cm³/mol. The van der Waals surface area contributed by atoms with Crippen molar-refractivity contribution in [2.24, 2.45) is 0 Å². The zero-order valence-electron chi connectivity index (χ0n) is 9.00. The molecule has 0 unspecified atom stereocenters. The minimum atomic E-state index is -0.879. The summed E-state index contributed by atoms with van der Waals surface area (Å²) in [5.41, 5.74) is -0.327. The van der Waals surface area contributed by atoms with E-state index in [2.05, 4.69) is 0 Å². The summed E-state index contributed by atoms with van der Waals surface area (Å²) in [7, 11) is 0. The van der Waals surface area contributed by atoms with Gasteiger partial charge >= 0.3 is 5.97 Å². The molecule has 0 spiro atoms. The standard InChI is InChI=1S/C12H13FO3/c1-2-16-10-4-3-8(7-9(10)13)12(5-6-12)11(14)15/h3-4,7H,2,5-6H2,1H3,(H,14,15). The minimum absolute atomic E-state index is 0.174. The van der Waals surface area contributed by atoms with Gasteiger partial charge in [-0.15, -0.1) is 0 Å². The molecule has 0 bridgehead atoms. The van der Waals surface area contributed by atoms with Crippen LogP contribution in [0.25, 0.3) is 0 Å². The van der Waals surface area contributed by atoms with Gasteiger partial charge in [-0.25, -0.2) is 4.39 Å². The highest BCUT2D eigenvalue weighted by atomic mass is 19.1. The Bertz CT molecular complexity index is 424. The molecule has 3 nitrogen and oxygen atoms in total. The molecule has 2 rings (SSSR count). The molecular weight excluding hydrogens is 211 g/mol. The third-order valence-corrected chi connectivity index (χ3v) is 2.94. The van der Waals surface area contributed by atoms with Crippen molar-refractivity contribution < 1.29 is 19.0 Å². The fourth-order valence-corrected chi connectivity index (χ4v) is 1.82. The summed E-state index contributed by atoms with van der Waals surface area (Å²) in [6.07, 6.45) is 1.16. The van der Waals surface area contributed by atoms with Gasteiger partial charge in [0.1, 0.15) is 0 Å². The van der Waals surface area contributed by atoms with Crippen LogP contribution in [-0.4, -0.2) is 17.7 Å². The molecule has 1 N–H and O–H groups in total. The number of ether oxygens (including phenoxy) is 1. The van der Waals surface area contributed by atoms with Crippen molar-refractivity contribution in [2.75, 3.05) is 6.61 Å². The Labute approximate surface area is 92.9 Å². The monoisotopic (exact) mass is 224 g/mol. The molecule has 0 radical (unpaired) electrons. The van der Waals surface area contributed by atoms with Crippen LogP contribution in [0, 0.1) is 5.82 Å². The molecule has 16 heavy (non-hydrogen) atoms. The van der Waals surface area contributed by atoms with Crippen LogP contribution in [0.4, 0.5) is 4.39 Å². The second-order valence-electron chi connectivity index (χ2n) is 3.97. The molecule has 86 valence electrons. The molecule has 1 aliphatic rings. The van der Waals surface area contributed by atoms with Gasteiger partial charge in [0.2, 0.25) is 0 Å². The first kappa shape index (κ1) is 10.9. The largest absolute Gasteiger partial charge is 0.491 e. The lowest BCUT2D eigenvalue weighted by atomic mass is 9.96. The summed E-state index contributed by atoms with van der Waals surface area (Å²) in [4.78, 5) is 11.1. The van der Waals surface area contributed by atoms with Gasteiger partial charge in [0.25, 0.3) is 0 Å². The van der Waals surface area contributed by atoms with Crippen LogP contribution in [0.15, 0.2) is 18.2 Å². The van der Waals surface area contributed by atoms with Gasteiger partial charge in [-0.3, -0.25) is 4.79 Å². The van der Waals surface area contributed by atoms with Crippen LogP contribution in [0.2, 0.25) is 0 Å². The average Bonchev–Trinajstić information content (AvgIpc) is 3.02. The fourth-order valence-electron chi connectivity index (χ4n) is 1.82. The summed E-state index contributed by atoms with van der Waals surface area (Å²) in [6, 6.07) is 4.40. The van der Waals surface area contributed by atoms with Crippen molar-refractivity contribution in [3.05, 3.63) is 29.6 Å². The third-order valence-electron chi connectivity index (χ3n) is 2.94. The van der Waals surface area contributed by atoms with Crippen molar-refractivity contribution in [2.45, 2.75) is 25.2 Å². The Morgan fingerprint density at radius 2 is 2.25 bits per heavy atom. The molecular formula is C12H13FO3. The Kier molecular flexibility index (Phi) is 2.58. The van der Waals surface area contributed by atoms with Crippen molar-refractivity contribution in [1.82, 2.24) is 0 Å². The second-order valence-corrected chi connectivity index (χ2v) is 3.97.